The molecule has 0 aliphatic carbocycles. The SMILES string of the molecule is Cc1nc(Cl)cc(N2CCN(Cc3csc(C)n3)CC2)n1. The van der Waals surface area contributed by atoms with E-state index in [0.29, 0.717) is 5.15 Å². The van der Waals surface area contributed by atoms with Crippen LogP contribution in [0.15, 0.2) is 11.4 Å². The Morgan fingerprint density at radius 3 is 2.52 bits per heavy atom. The normalized spacial score (nSPS) is 16.4. The highest BCUT2D eigenvalue weighted by atomic mass is 35.5. The van der Waals surface area contributed by atoms with Gasteiger partial charge in [0.2, 0.25) is 0 Å². The first-order valence-corrected chi connectivity index (χ1v) is 8.25. The summed E-state index contributed by atoms with van der Waals surface area (Å²) in [6.45, 7) is 8.78. The number of piperazine rings is 1. The molecule has 1 fully saturated rings. The highest BCUT2D eigenvalue weighted by Gasteiger charge is 2.19. The molecule has 2 aromatic heterocycles. The number of thiazole rings is 1. The number of anilines is 1. The summed E-state index contributed by atoms with van der Waals surface area (Å²) in [6.07, 6.45) is 0. The maximum atomic E-state index is 6.01. The highest BCUT2D eigenvalue weighted by Crippen LogP contribution is 2.18. The molecule has 2 aromatic rings. The van der Waals surface area contributed by atoms with E-state index < -0.39 is 0 Å². The fourth-order valence-electron chi connectivity index (χ4n) is 2.52. The Balaban J connectivity index is 1.59. The Morgan fingerprint density at radius 1 is 1.14 bits per heavy atom. The van der Waals surface area contributed by atoms with Crippen LogP contribution in [0.3, 0.4) is 0 Å². The smallest absolute Gasteiger partial charge is 0.134 e. The average Bonchev–Trinajstić information content (AvgIpc) is 2.84. The largest absolute Gasteiger partial charge is 0.354 e. The van der Waals surface area contributed by atoms with E-state index in [1.807, 2.05) is 19.9 Å². The molecule has 0 spiro atoms. The van der Waals surface area contributed by atoms with Gasteiger partial charge in [-0.05, 0) is 13.8 Å². The first-order chi connectivity index (χ1) is 10.1. The van der Waals surface area contributed by atoms with E-state index in [1.165, 1.54) is 5.69 Å². The predicted molar refractivity (Wildman–Crippen MR) is 86.1 cm³/mol. The van der Waals surface area contributed by atoms with Gasteiger partial charge in [0.15, 0.2) is 0 Å². The molecule has 1 aliphatic heterocycles. The summed E-state index contributed by atoms with van der Waals surface area (Å²) in [5, 5.41) is 3.79. The third-order valence-electron chi connectivity index (χ3n) is 3.54. The molecule has 1 saturated heterocycles. The Kier molecular flexibility index (Phi) is 4.37. The molecule has 0 aromatic carbocycles. The standard InChI is InChI=1S/C14H18ClN5S/c1-10-16-13(15)7-14(17-10)20-5-3-19(4-6-20)8-12-9-21-11(2)18-12/h7,9H,3-6,8H2,1-2H3. The van der Waals surface area contributed by atoms with Crippen molar-refractivity contribution >= 4 is 28.8 Å². The average molecular weight is 324 g/mol. The summed E-state index contributed by atoms with van der Waals surface area (Å²) in [5.74, 6) is 1.65. The van der Waals surface area contributed by atoms with Crippen LogP contribution in [0.1, 0.15) is 16.5 Å². The summed E-state index contributed by atoms with van der Waals surface area (Å²) >= 11 is 7.73. The van der Waals surface area contributed by atoms with E-state index in [9.17, 15) is 0 Å². The number of hydrogen-bond acceptors (Lipinski definition) is 6. The van der Waals surface area contributed by atoms with Crippen LogP contribution in [0.5, 0.6) is 0 Å². The van der Waals surface area contributed by atoms with Crippen molar-refractivity contribution in [3.05, 3.63) is 33.1 Å². The Morgan fingerprint density at radius 2 is 1.90 bits per heavy atom. The quantitative estimate of drug-likeness (QED) is 0.812. The summed E-state index contributed by atoms with van der Waals surface area (Å²) in [6, 6.07) is 1.84. The molecule has 3 rings (SSSR count). The van der Waals surface area contributed by atoms with Gasteiger partial charge in [-0.25, -0.2) is 15.0 Å². The second-order valence-electron chi connectivity index (χ2n) is 5.22. The monoisotopic (exact) mass is 323 g/mol. The van der Waals surface area contributed by atoms with Crippen molar-refractivity contribution in [2.45, 2.75) is 20.4 Å². The third kappa shape index (κ3) is 3.70. The second kappa shape index (κ2) is 6.25. The van der Waals surface area contributed by atoms with Crippen molar-refractivity contribution < 1.29 is 0 Å². The van der Waals surface area contributed by atoms with Crippen molar-refractivity contribution in [2.24, 2.45) is 0 Å². The molecular weight excluding hydrogens is 306 g/mol. The van der Waals surface area contributed by atoms with Crippen LogP contribution in [0.4, 0.5) is 5.82 Å². The molecule has 7 heteroatoms. The first kappa shape index (κ1) is 14.7. The zero-order valence-corrected chi connectivity index (χ0v) is 13.8. The lowest BCUT2D eigenvalue weighted by atomic mass is 10.3. The van der Waals surface area contributed by atoms with E-state index in [-0.39, 0.29) is 0 Å². The van der Waals surface area contributed by atoms with Crippen LogP contribution in [0.2, 0.25) is 5.15 Å². The van der Waals surface area contributed by atoms with Gasteiger partial charge in [-0.15, -0.1) is 11.3 Å². The van der Waals surface area contributed by atoms with Gasteiger partial charge in [0, 0.05) is 44.2 Å². The predicted octanol–water partition coefficient (Wildman–Crippen LogP) is 2.53. The maximum absolute atomic E-state index is 6.01. The van der Waals surface area contributed by atoms with Crippen LogP contribution in [-0.4, -0.2) is 46.0 Å². The summed E-state index contributed by atoms with van der Waals surface area (Å²) in [5.41, 5.74) is 1.17. The summed E-state index contributed by atoms with van der Waals surface area (Å²) < 4.78 is 0. The van der Waals surface area contributed by atoms with Gasteiger partial charge in [0.1, 0.15) is 16.8 Å². The zero-order valence-electron chi connectivity index (χ0n) is 12.2. The molecule has 3 heterocycles. The summed E-state index contributed by atoms with van der Waals surface area (Å²) in [7, 11) is 0. The lowest BCUT2D eigenvalue weighted by molar-refractivity contribution is 0.247. The fraction of sp³-hybridized carbons (Fsp3) is 0.500. The van der Waals surface area contributed by atoms with Crippen molar-refractivity contribution in [1.29, 1.82) is 0 Å². The van der Waals surface area contributed by atoms with Crippen LogP contribution in [0, 0.1) is 13.8 Å². The van der Waals surface area contributed by atoms with E-state index in [4.69, 9.17) is 11.6 Å². The fourth-order valence-corrected chi connectivity index (χ4v) is 3.35. The molecule has 0 radical (unpaired) electrons. The molecule has 0 atom stereocenters. The van der Waals surface area contributed by atoms with Gasteiger partial charge in [0.25, 0.3) is 0 Å². The van der Waals surface area contributed by atoms with Crippen molar-refractivity contribution in [2.75, 3.05) is 31.1 Å². The zero-order chi connectivity index (χ0) is 14.8. The van der Waals surface area contributed by atoms with E-state index in [2.05, 4.69) is 30.1 Å². The van der Waals surface area contributed by atoms with Crippen LogP contribution in [-0.2, 0) is 6.54 Å². The number of aryl methyl sites for hydroxylation is 2. The molecule has 5 nitrogen and oxygen atoms in total. The topological polar surface area (TPSA) is 45.2 Å². The minimum atomic E-state index is 0.512. The van der Waals surface area contributed by atoms with Crippen molar-refractivity contribution in [1.82, 2.24) is 19.9 Å². The number of nitrogens with zero attached hydrogens (tertiary/aromatic N) is 5. The van der Waals surface area contributed by atoms with Gasteiger partial charge in [-0.1, -0.05) is 11.6 Å². The summed E-state index contributed by atoms with van der Waals surface area (Å²) in [4.78, 5) is 17.8. The number of rotatable bonds is 3. The number of hydrogen-bond donors (Lipinski definition) is 0. The molecule has 1 aliphatic rings. The Hall–Kier alpha value is -1.24. The van der Waals surface area contributed by atoms with Crippen molar-refractivity contribution in [3.63, 3.8) is 0 Å². The second-order valence-corrected chi connectivity index (χ2v) is 6.67. The molecule has 112 valence electrons. The van der Waals surface area contributed by atoms with Gasteiger partial charge in [-0.3, -0.25) is 4.90 Å². The van der Waals surface area contributed by atoms with Gasteiger partial charge in [-0.2, -0.15) is 0 Å². The first-order valence-electron chi connectivity index (χ1n) is 6.99. The van der Waals surface area contributed by atoms with Gasteiger partial charge in [0.05, 0.1) is 10.7 Å². The van der Waals surface area contributed by atoms with E-state index in [1.54, 1.807) is 11.3 Å². The molecule has 0 unspecified atom stereocenters. The molecule has 0 amide bonds. The van der Waals surface area contributed by atoms with Crippen molar-refractivity contribution in [3.8, 4) is 0 Å². The van der Waals surface area contributed by atoms with E-state index >= 15 is 0 Å². The Labute approximate surface area is 133 Å². The maximum Gasteiger partial charge on any atom is 0.134 e. The van der Waals surface area contributed by atoms with E-state index in [0.717, 1.165) is 49.4 Å². The molecular formula is C14H18ClN5S. The Bertz CT molecular complexity index is 601. The lowest BCUT2D eigenvalue weighted by Gasteiger charge is -2.35. The minimum absolute atomic E-state index is 0.512. The third-order valence-corrected chi connectivity index (χ3v) is 4.56. The minimum Gasteiger partial charge on any atom is -0.354 e. The van der Waals surface area contributed by atoms with Gasteiger partial charge >= 0.3 is 0 Å². The van der Waals surface area contributed by atoms with Crippen LogP contribution < -0.4 is 4.90 Å². The van der Waals surface area contributed by atoms with Crippen LogP contribution in [0.25, 0.3) is 0 Å². The molecule has 0 saturated carbocycles. The molecule has 21 heavy (non-hydrogen) atoms. The van der Waals surface area contributed by atoms with Gasteiger partial charge < -0.3 is 4.90 Å². The highest BCUT2D eigenvalue weighted by molar-refractivity contribution is 7.09. The lowest BCUT2D eigenvalue weighted by Crippen LogP contribution is -2.46. The number of halogens is 1. The number of aromatic nitrogens is 3. The van der Waals surface area contributed by atoms with Crippen LogP contribution >= 0.6 is 22.9 Å². The molecule has 0 bridgehead atoms. The molecule has 0 N–H and O–H groups in total.